The van der Waals surface area contributed by atoms with E-state index in [9.17, 15) is 4.79 Å². The predicted octanol–water partition coefficient (Wildman–Crippen LogP) is 3.44. The first kappa shape index (κ1) is 16.5. The monoisotopic (exact) mass is 316 g/mol. The molecule has 0 spiro atoms. The van der Waals surface area contributed by atoms with Gasteiger partial charge in [0.1, 0.15) is 0 Å². The van der Waals surface area contributed by atoms with Crippen LogP contribution in [0.25, 0.3) is 0 Å². The quantitative estimate of drug-likeness (QED) is 0.768. The van der Waals surface area contributed by atoms with Crippen molar-refractivity contribution < 1.29 is 4.79 Å². The third-order valence-electron chi connectivity index (χ3n) is 3.34. The molecule has 2 rings (SSSR count). The van der Waals surface area contributed by atoms with Crippen molar-refractivity contribution in [2.45, 2.75) is 26.4 Å². The topological polar surface area (TPSA) is 41.1 Å². The van der Waals surface area contributed by atoms with Crippen molar-refractivity contribution in [1.82, 2.24) is 10.6 Å². The van der Waals surface area contributed by atoms with E-state index in [1.54, 1.807) is 0 Å². The predicted molar refractivity (Wildman–Crippen MR) is 90.8 cm³/mol. The highest BCUT2D eigenvalue weighted by atomic mass is 35.5. The third-order valence-corrected chi connectivity index (χ3v) is 3.60. The van der Waals surface area contributed by atoms with Crippen molar-refractivity contribution in [1.29, 1.82) is 0 Å². The van der Waals surface area contributed by atoms with Crippen LogP contribution in [0.4, 0.5) is 0 Å². The number of amides is 1. The number of aryl methyl sites for hydroxylation is 1. The number of hydrogen-bond donors (Lipinski definition) is 2. The van der Waals surface area contributed by atoms with E-state index < -0.39 is 0 Å². The van der Waals surface area contributed by atoms with Gasteiger partial charge in [-0.3, -0.25) is 4.79 Å². The summed E-state index contributed by atoms with van der Waals surface area (Å²) in [5.74, 6) is 0.0479. The average Bonchev–Trinajstić information content (AvgIpc) is 2.51. The van der Waals surface area contributed by atoms with Crippen LogP contribution in [0.15, 0.2) is 48.5 Å². The summed E-state index contributed by atoms with van der Waals surface area (Å²) in [6, 6.07) is 15.8. The Morgan fingerprint density at radius 2 is 1.82 bits per heavy atom. The Morgan fingerprint density at radius 1 is 1.05 bits per heavy atom. The standard InChI is InChI=1S/C18H21ClN2O/c1-14-3-2-4-16(11-14)12-20-10-9-18(22)21-13-15-5-7-17(19)8-6-15/h2-8,11,20H,9-10,12-13H2,1H3,(H,21,22). The van der Waals surface area contributed by atoms with Gasteiger partial charge in [-0.15, -0.1) is 0 Å². The van der Waals surface area contributed by atoms with E-state index in [4.69, 9.17) is 11.6 Å². The minimum Gasteiger partial charge on any atom is -0.352 e. The molecule has 2 N–H and O–H groups in total. The summed E-state index contributed by atoms with van der Waals surface area (Å²) < 4.78 is 0. The van der Waals surface area contributed by atoms with E-state index in [0.717, 1.165) is 12.1 Å². The molecule has 0 aromatic heterocycles. The van der Waals surface area contributed by atoms with Gasteiger partial charge < -0.3 is 10.6 Å². The fourth-order valence-corrected chi connectivity index (χ4v) is 2.27. The summed E-state index contributed by atoms with van der Waals surface area (Å²) in [7, 11) is 0. The van der Waals surface area contributed by atoms with Crippen molar-refractivity contribution in [2.24, 2.45) is 0 Å². The molecule has 0 saturated heterocycles. The molecular formula is C18H21ClN2O. The van der Waals surface area contributed by atoms with Gasteiger partial charge in [-0.25, -0.2) is 0 Å². The van der Waals surface area contributed by atoms with Crippen molar-refractivity contribution >= 4 is 17.5 Å². The Hall–Kier alpha value is -1.84. The lowest BCUT2D eigenvalue weighted by molar-refractivity contribution is -0.121. The van der Waals surface area contributed by atoms with Gasteiger partial charge in [0.25, 0.3) is 0 Å². The summed E-state index contributed by atoms with van der Waals surface area (Å²) in [5.41, 5.74) is 3.53. The zero-order chi connectivity index (χ0) is 15.8. The zero-order valence-electron chi connectivity index (χ0n) is 12.7. The Bertz CT molecular complexity index is 611. The van der Waals surface area contributed by atoms with Crippen molar-refractivity contribution in [3.05, 3.63) is 70.2 Å². The molecule has 0 radical (unpaired) electrons. The second-order valence-electron chi connectivity index (χ2n) is 5.32. The fraction of sp³-hybridized carbons (Fsp3) is 0.278. The maximum Gasteiger partial charge on any atom is 0.221 e. The van der Waals surface area contributed by atoms with Gasteiger partial charge in [-0.1, -0.05) is 53.6 Å². The summed E-state index contributed by atoms with van der Waals surface area (Å²) in [4.78, 5) is 11.8. The minimum absolute atomic E-state index is 0.0479. The molecule has 3 nitrogen and oxygen atoms in total. The molecule has 22 heavy (non-hydrogen) atoms. The molecule has 0 saturated carbocycles. The Balaban J connectivity index is 1.62. The van der Waals surface area contributed by atoms with Crippen molar-refractivity contribution in [3.63, 3.8) is 0 Å². The Kier molecular flexibility index (Phi) is 6.44. The van der Waals surface area contributed by atoms with Crippen LogP contribution in [-0.2, 0) is 17.9 Å². The zero-order valence-corrected chi connectivity index (χ0v) is 13.5. The first-order valence-corrected chi connectivity index (χ1v) is 7.79. The van der Waals surface area contributed by atoms with Gasteiger partial charge in [-0.2, -0.15) is 0 Å². The molecule has 0 bridgehead atoms. The third kappa shape index (κ3) is 5.88. The van der Waals surface area contributed by atoms with E-state index in [1.807, 2.05) is 30.3 Å². The van der Waals surface area contributed by atoms with Crippen LogP contribution in [0.3, 0.4) is 0 Å². The number of halogens is 1. The largest absolute Gasteiger partial charge is 0.352 e. The van der Waals surface area contributed by atoms with Crippen LogP contribution in [0, 0.1) is 6.92 Å². The fourth-order valence-electron chi connectivity index (χ4n) is 2.15. The van der Waals surface area contributed by atoms with Crippen molar-refractivity contribution in [2.75, 3.05) is 6.54 Å². The van der Waals surface area contributed by atoms with E-state index >= 15 is 0 Å². The van der Waals surface area contributed by atoms with Crippen LogP contribution in [0.5, 0.6) is 0 Å². The number of hydrogen-bond acceptors (Lipinski definition) is 2. The van der Waals surface area contributed by atoms with Gasteiger partial charge in [0, 0.05) is 31.1 Å². The Morgan fingerprint density at radius 3 is 2.55 bits per heavy atom. The molecule has 116 valence electrons. The summed E-state index contributed by atoms with van der Waals surface area (Å²) >= 11 is 5.82. The average molecular weight is 317 g/mol. The highest BCUT2D eigenvalue weighted by molar-refractivity contribution is 6.30. The molecule has 0 aliphatic heterocycles. The summed E-state index contributed by atoms with van der Waals surface area (Å²) in [6.45, 7) is 4.06. The molecule has 0 aliphatic carbocycles. The van der Waals surface area contributed by atoms with E-state index in [2.05, 4.69) is 35.8 Å². The number of benzene rings is 2. The van der Waals surface area contributed by atoms with Gasteiger partial charge in [0.05, 0.1) is 0 Å². The maximum absolute atomic E-state index is 11.8. The van der Waals surface area contributed by atoms with Crippen LogP contribution in [0.1, 0.15) is 23.1 Å². The number of nitrogens with one attached hydrogen (secondary N) is 2. The molecule has 4 heteroatoms. The van der Waals surface area contributed by atoms with Crippen LogP contribution in [0.2, 0.25) is 5.02 Å². The molecule has 0 aliphatic rings. The van der Waals surface area contributed by atoms with Crippen molar-refractivity contribution in [3.8, 4) is 0 Å². The molecule has 0 heterocycles. The Labute approximate surface area is 136 Å². The summed E-state index contributed by atoms with van der Waals surface area (Å²) in [6.07, 6.45) is 0.472. The van der Waals surface area contributed by atoms with Gasteiger partial charge in [-0.05, 0) is 30.2 Å². The molecular weight excluding hydrogens is 296 g/mol. The first-order valence-electron chi connectivity index (χ1n) is 7.41. The highest BCUT2D eigenvalue weighted by Gasteiger charge is 2.01. The van der Waals surface area contributed by atoms with E-state index in [-0.39, 0.29) is 5.91 Å². The second-order valence-corrected chi connectivity index (χ2v) is 5.76. The van der Waals surface area contributed by atoms with E-state index in [0.29, 0.717) is 24.5 Å². The molecule has 0 fully saturated rings. The second kappa shape index (κ2) is 8.57. The van der Waals surface area contributed by atoms with Gasteiger partial charge in [0.15, 0.2) is 0 Å². The smallest absolute Gasteiger partial charge is 0.221 e. The normalized spacial score (nSPS) is 10.5. The highest BCUT2D eigenvalue weighted by Crippen LogP contribution is 2.09. The summed E-state index contributed by atoms with van der Waals surface area (Å²) in [5, 5.41) is 6.90. The molecule has 0 unspecified atom stereocenters. The molecule has 2 aromatic carbocycles. The lowest BCUT2D eigenvalue weighted by Crippen LogP contribution is -2.27. The lowest BCUT2D eigenvalue weighted by atomic mass is 10.1. The molecule has 1 amide bonds. The SMILES string of the molecule is Cc1cccc(CNCCC(=O)NCc2ccc(Cl)cc2)c1. The molecule has 0 atom stereocenters. The maximum atomic E-state index is 11.8. The van der Waals surface area contributed by atoms with E-state index in [1.165, 1.54) is 11.1 Å². The first-order chi connectivity index (χ1) is 10.6. The van der Waals surface area contributed by atoms with Gasteiger partial charge >= 0.3 is 0 Å². The molecule has 2 aromatic rings. The van der Waals surface area contributed by atoms with Gasteiger partial charge in [0.2, 0.25) is 5.91 Å². The van der Waals surface area contributed by atoms with Crippen LogP contribution in [-0.4, -0.2) is 12.5 Å². The van der Waals surface area contributed by atoms with Crippen LogP contribution >= 0.6 is 11.6 Å². The number of carbonyl (C=O) groups is 1. The minimum atomic E-state index is 0.0479. The lowest BCUT2D eigenvalue weighted by Gasteiger charge is -2.07. The van der Waals surface area contributed by atoms with Crippen LogP contribution < -0.4 is 10.6 Å². The number of carbonyl (C=O) groups excluding carboxylic acids is 1. The number of rotatable bonds is 7.